The highest BCUT2D eigenvalue weighted by Gasteiger charge is 2.28. The zero-order valence-corrected chi connectivity index (χ0v) is 13.3. The van der Waals surface area contributed by atoms with Gasteiger partial charge in [0.1, 0.15) is 10.6 Å². The molecule has 0 spiro atoms. The SMILES string of the molecule is Cc1ccc(S(=O)(=O)Oc2ccc3c(c2)C(=O)C(F)CC3)cc1. The summed E-state index contributed by atoms with van der Waals surface area (Å²) in [4.78, 5) is 11.9. The van der Waals surface area contributed by atoms with E-state index in [9.17, 15) is 17.6 Å². The van der Waals surface area contributed by atoms with Crippen LogP contribution in [-0.4, -0.2) is 20.4 Å². The van der Waals surface area contributed by atoms with Crippen LogP contribution in [0.2, 0.25) is 0 Å². The minimum absolute atomic E-state index is 0.00627. The first-order valence-corrected chi connectivity index (χ1v) is 8.60. The maximum atomic E-state index is 13.5. The summed E-state index contributed by atoms with van der Waals surface area (Å²) in [7, 11) is -3.99. The first-order valence-electron chi connectivity index (χ1n) is 7.19. The van der Waals surface area contributed by atoms with Crippen LogP contribution in [-0.2, 0) is 16.5 Å². The fourth-order valence-corrected chi connectivity index (χ4v) is 3.44. The zero-order chi connectivity index (χ0) is 16.6. The molecular formula is C17H15FO4S. The number of carbonyl (C=O) groups is 1. The molecule has 0 radical (unpaired) electrons. The standard InChI is InChI=1S/C17H15FO4S/c1-11-2-7-14(8-3-11)23(20,21)22-13-6-4-12-5-9-16(18)17(19)15(12)10-13/h2-4,6-8,10,16H,5,9H2,1H3. The van der Waals surface area contributed by atoms with Gasteiger partial charge in [-0.25, -0.2) is 4.39 Å². The van der Waals surface area contributed by atoms with Crippen LogP contribution in [0.1, 0.15) is 27.9 Å². The number of hydrogen-bond acceptors (Lipinski definition) is 4. The summed E-state index contributed by atoms with van der Waals surface area (Å²) < 4.78 is 43.1. The molecule has 2 aromatic carbocycles. The lowest BCUT2D eigenvalue weighted by molar-refractivity contribution is 0.0856. The maximum absolute atomic E-state index is 13.5. The van der Waals surface area contributed by atoms with Crippen molar-refractivity contribution >= 4 is 15.9 Å². The molecule has 6 heteroatoms. The molecule has 0 aliphatic heterocycles. The van der Waals surface area contributed by atoms with Crippen molar-refractivity contribution in [2.45, 2.75) is 30.8 Å². The topological polar surface area (TPSA) is 60.4 Å². The molecule has 1 aliphatic rings. The second-order valence-electron chi connectivity index (χ2n) is 5.54. The van der Waals surface area contributed by atoms with Crippen LogP contribution in [0.5, 0.6) is 5.75 Å². The van der Waals surface area contributed by atoms with E-state index in [2.05, 4.69) is 0 Å². The first kappa shape index (κ1) is 15.7. The van der Waals surface area contributed by atoms with Gasteiger partial charge >= 0.3 is 10.1 Å². The quantitative estimate of drug-likeness (QED) is 0.809. The summed E-state index contributed by atoms with van der Waals surface area (Å²) in [6.07, 6.45) is -0.924. The molecule has 4 nitrogen and oxygen atoms in total. The predicted molar refractivity (Wildman–Crippen MR) is 83.0 cm³/mol. The third-order valence-corrected chi connectivity index (χ3v) is 5.08. The van der Waals surface area contributed by atoms with Gasteiger partial charge in [-0.3, -0.25) is 4.79 Å². The van der Waals surface area contributed by atoms with E-state index in [4.69, 9.17) is 4.18 Å². The molecule has 1 unspecified atom stereocenters. The molecule has 120 valence electrons. The molecule has 23 heavy (non-hydrogen) atoms. The van der Waals surface area contributed by atoms with Gasteiger partial charge in [0.15, 0.2) is 12.0 Å². The van der Waals surface area contributed by atoms with Gasteiger partial charge in [0, 0.05) is 5.56 Å². The van der Waals surface area contributed by atoms with E-state index in [1.165, 1.54) is 24.3 Å². The Morgan fingerprint density at radius 2 is 1.83 bits per heavy atom. The van der Waals surface area contributed by atoms with E-state index in [1.54, 1.807) is 18.2 Å². The van der Waals surface area contributed by atoms with Gasteiger partial charge in [-0.1, -0.05) is 23.8 Å². The van der Waals surface area contributed by atoms with Crippen molar-refractivity contribution in [2.75, 3.05) is 0 Å². The van der Waals surface area contributed by atoms with Crippen LogP contribution in [0.4, 0.5) is 4.39 Å². The van der Waals surface area contributed by atoms with Crippen LogP contribution in [0.25, 0.3) is 0 Å². The molecule has 0 heterocycles. The van der Waals surface area contributed by atoms with Gasteiger partial charge in [-0.2, -0.15) is 8.42 Å². The molecule has 0 amide bonds. The van der Waals surface area contributed by atoms with E-state index >= 15 is 0 Å². The molecule has 2 aromatic rings. The molecule has 0 bridgehead atoms. The Morgan fingerprint density at radius 1 is 1.13 bits per heavy atom. The number of fused-ring (bicyclic) bond motifs is 1. The summed E-state index contributed by atoms with van der Waals surface area (Å²) in [5.74, 6) is -0.615. The third-order valence-electron chi connectivity index (χ3n) is 3.81. The fraction of sp³-hybridized carbons (Fsp3) is 0.235. The number of aryl methyl sites for hydroxylation is 2. The van der Waals surface area contributed by atoms with Crippen molar-refractivity contribution < 1.29 is 21.8 Å². The van der Waals surface area contributed by atoms with Crippen LogP contribution < -0.4 is 4.18 Å². The lowest BCUT2D eigenvalue weighted by Gasteiger charge is -2.18. The molecule has 1 atom stereocenters. The second kappa shape index (κ2) is 5.77. The lowest BCUT2D eigenvalue weighted by Crippen LogP contribution is -2.23. The first-order chi connectivity index (χ1) is 10.9. The number of halogens is 1. The number of Topliss-reactive ketones (excluding diaryl/α,β-unsaturated/α-hetero) is 1. The average Bonchev–Trinajstić information content (AvgIpc) is 2.51. The van der Waals surface area contributed by atoms with Crippen LogP contribution in [0.3, 0.4) is 0 Å². The highest BCUT2D eigenvalue weighted by molar-refractivity contribution is 7.87. The van der Waals surface area contributed by atoms with Gasteiger partial charge in [0.2, 0.25) is 0 Å². The molecule has 3 rings (SSSR count). The van der Waals surface area contributed by atoms with E-state index < -0.39 is 22.1 Å². The smallest absolute Gasteiger partial charge is 0.339 e. The van der Waals surface area contributed by atoms with Crippen LogP contribution in [0.15, 0.2) is 47.4 Å². The minimum Gasteiger partial charge on any atom is -0.379 e. The Balaban J connectivity index is 1.91. The Bertz CT molecular complexity index is 857. The normalized spacial score (nSPS) is 17.7. The second-order valence-corrected chi connectivity index (χ2v) is 7.09. The van der Waals surface area contributed by atoms with Crippen LogP contribution >= 0.6 is 0 Å². The number of benzene rings is 2. The number of ketones is 1. The number of rotatable bonds is 3. The summed E-state index contributed by atoms with van der Waals surface area (Å²) in [6, 6.07) is 10.6. The molecule has 0 fully saturated rings. The van der Waals surface area contributed by atoms with Crippen molar-refractivity contribution in [3.05, 3.63) is 59.2 Å². The van der Waals surface area contributed by atoms with E-state index in [0.29, 0.717) is 12.0 Å². The predicted octanol–water partition coefficient (Wildman–Crippen LogP) is 3.23. The monoisotopic (exact) mass is 334 g/mol. The van der Waals surface area contributed by atoms with Gasteiger partial charge < -0.3 is 4.18 Å². The number of hydrogen-bond donors (Lipinski definition) is 0. The highest BCUT2D eigenvalue weighted by Crippen LogP contribution is 2.28. The summed E-state index contributed by atoms with van der Waals surface area (Å²) in [5.41, 5.74) is 1.83. The van der Waals surface area contributed by atoms with Crippen molar-refractivity contribution in [3.8, 4) is 5.75 Å². The van der Waals surface area contributed by atoms with Gasteiger partial charge in [0.25, 0.3) is 0 Å². The van der Waals surface area contributed by atoms with Gasteiger partial charge in [-0.15, -0.1) is 0 Å². The Hall–Kier alpha value is -2.21. The molecule has 0 aromatic heterocycles. The van der Waals surface area contributed by atoms with Crippen molar-refractivity contribution in [1.29, 1.82) is 0 Å². The Morgan fingerprint density at radius 3 is 2.52 bits per heavy atom. The Kier molecular flexibility index (Phi) is 3.93. The zero-order valence-electron chi connectivity index (χ0n) is 12.5. The summed E-state index contributed by atoms with van der Waals surface area (Å²) in [5, 5.41) is 0. The summed E-state index contributed by atoms with van der Waals surface area (Å²) >= 11 is 0. The summed E-state index contributed by atoms with van der Waals surface area (Å²) in [6.45, 7) is 1.85. The maximum Gasteiger partial charge on any atom is 0.339 e. The largest absolute Gasteiger partial charge is 0.379 e. The number of carbonyl (C=O) groups excluding carboxylic acids is 1. The lowest BCUT2D eigenvalue weighted by atomic mass is 9.89. The van der Waals surface area contributed by atoms with Gasteiger partial charge in [-0.05, 0) is 49.6 Å². The van der Waals surface area contributed by atoms with Crippen molar-refractivity contribution in [2.24, 2.45) is 0 Å². The fourth-order valence-electron chi connectivity index (χ4n) is 2.52. The minimum atomic E-state index is -3.99. The van der Waals surface area contributed by atoms with Gasteiger partial charge in [0.05, 0.1) is 0 Å². The average molecular weight is 334 g/mol. The number of alkyl halides is 1. The van der Waals surface area contributed by atoms with Crippen LogP contribution in [0, 0.1) is 6.92 Å². The van der Waals surface area contributed by atoms with E-state index in [-0.39, 0.29) is 22.6 Å². The molecule has 0 saturated carbocycles. The molecular weight excluding hydrogens is 319 g/mol. The highest BCUT2D eigenvalue weighted by atomic mass is 32.2. The van der Waals surface area contributed by atoms with E-state index in [1.807, 2.05) is 6.92 Å². The molecule has 1 aliphatic carbocycles. The van der Waals surface area contributed by atoms with Crippen molar-refractivity contribution in [1.82, 2.24) is 0 Å². The third kappa shape index (κ3) is 3.12. The Labute approximate surface area is 134 Å². The molecule has 0 N–H and O–H groups in total. The van der Waals surface area contributed by atoms with E-state index in [0.717, 1.165) is 5.56 Å². The van der Waals surface area contributed by atoms with Crippen molar-refractivity contribution in [3.63, 3.8) is 0 Å². The molecule has 0 saturated heterocycles.